The molecule has 0 fully saturated rings. The van der Waals surface area contributed by atoms with Crippen LogP contribution in [0.1, 0.15) is 11.4 Å². The van der Waals surface area contributed by atoms with Gasteiger partial charge in [0.05, 0.1) is 13.1 Å². The highest BCUT2D eigenvalue weighted by molar-refractivity contribution is 9.10. The number of rotatable bonds is 3. The van der Waals surface area contributed by atoms with E-state index in [1.807, 2.05) is 24.3 Å². The van der Waals surface area contributed by atoms with Crippen LogP contribution in [-0.4, -0.2) is 20.2 Å². The quantitative estimate of drug-likeness (QED) is 0.899. The van der Waals surface area contributed by atoms with Gasteiger partial charge in [-0.3, -0.25) is 0 Å². The summed E-state index contributed by atoms with van der Waals surface area (Å²) in [6.07, 6.45) is 0. The predicted molar refractivity (Wildman–Crippen MR) is 59.0 cm³/mol. The maximum Gasteiger partial charge on any atom is 0.165 e. The van der Waals surface area contributed by atoms with Gasteiger partial charge in [0.2, 0.25) is 0 Å². The van der Waals surface area contributed by atoms with Crippen LogP contribution < -0.4 is 5.73 Å². The normalized spacial score (nSPS) is 10.5. The highest BCUT2D eigenvalue weighted by atomic mass is 79.9. The molecule has 1 aromatic carbocycles. The van der Waals surface area contributed by atoms with Gasteiger partial charge in [-0.1, -0.05) is 34.1 Å². The van der Waals surface area contributed by atoms with Crippen LogP contribution in [0.15, 0.2) is 28.7 Å². The van der Waals surface area contributed by atoms with Crippen molar-refractivity contribution in [1.82, 2.24) is 20.2 Å². The molecule has 2 rings (SSSR count). The van der Waals surface area contributed by atoms with Crippen molar-refractivity contribution in [2.45, 2.75) is 13.1 Å². The Balaban J connectivity index is 2.26. The molecule has 0 saturated heterocycles. The predicted octanol–water partition coefficient (Wildman–Crippen LogP) is 0.943. The molecular formula is C9H10BrN5. The molecular weight excluding hydrogens is 258 g/mol. The number of halogens is 1. The number of benzene rings is 1. The summed E-state index contributed by atoms with van der Waals surface area (Å²) in [5, 5.41) is 11.3. The van der Waals surface area contributed by atoms with Crippen molar-refractivity contribution < 1.29 is 0 Å². The minimum absolute atomic E-state index is 0.345. The highest BCUT2D eigenvalue weighted by Gasteiger charge is 2.06. The maximum atomic E-state index is 5.51. The molecule has 2 aromatic rings. The Labute approximate surface area is 95.4 Å². The number of hydrogen-bond acceptors (Lipinski definition) is 4. The zero-order valence-corrected chi connectivity index (χ0v) is 9.55. The molecule has 0 radical (unpaired) electrons. The van der Waals surface area contributed by atoms with Crippen LogP contribution in [-0.2, 0) is 13.1 Å². The van der Waals surface area contributed by atoms with E-state index in [1.165, 1.54) is 0 Å². The van der Waals surface area contributed by atoms with Crippen molar-refractivity contribution in [2.75, 3.05) is 0 Å². The fraction of sp³-hybridized carbons (Fsp3) is 0.222. The molecule has 2 N–H and O–H groups in total. The third-order valence-electron chi connectivity index (χ3n) is 2.07. The van der Waals surface area contributed by atoms with E-state index in [0.29, 0.717) is 18.9 Å². The zero-order valence-electron chi connectivity index (χ0n) is 7.97. The van der Waals surface area contributed by atoms with E-state index in [0.717, 1.165) is 10.0 Å². The standard InChI is InChI=1S/C9H10BrN5/c10-8-4-2-1-3-7(8)6-15-9(5-11)12-13-14-15/h1-4H,5-6,11H2. The van der Waals surface area contributed by atoms with Crippen molar-refractivity contribution in [3.8, 4) is 0 Å². The number of tetrazole rings is 1. The summed E-state index contributed by atoms with van der Waals surface area (Å²) in [5.41, 5.74) is 6.64. The Morgan fingerprint density at radius 3 is 2.87 bits per heavy atom. The van der Waals surface area contributed by atoms with Gasteiger partial charge in [-0.15, -0.1) is 5.10 Å². The van der Waals surface area contributed by atoms with E-state index in [1.54, 1.807) is 4.68 Å². The second-order valence-corrected chi connectivity index (χ2v) is 3.90. The molecule has 0 spiro atoms. The summed E-state index contributed by atoms with van der Waals surface area (Å²) in [7, 11) is 0. The molecule has 5 nitrogen and oxygen atoms in total. The van der Waals surface area contributed by atoms with E-state index >= 15 is 0 Å². The summed E-state index contributed by atoms with van der Waals surface area (Å²) in [4.78, 5) is 0. The Bertz CT molecular complexity index is 453. The van der Waals surface area contributed by atoms with E-state index in [9.17, 15) is 0 Å². The molecule has 0 aliphatic carbocycles. The van der Waals surface area contributed by atoms with Crippen LogP contribution in [0.3, 0.4) is 0 Å². The lowest BCUT2D eigenvalue weighted by atomic mass is 10.2. The number of nitrogens with two attached hydrogens (primary N) is 1. The van der Waals surface area contributed by atoms with E-state index < -0.39 is 0 Å². The average molecular weight is 268 g/mol. The summed E-state index contributed by atoms with van der Waals surface area (Å²) in [6.45, 7) is 0.971. The lowest BCUT2D eigenvalue weighted by molar-refractivity contribution is 0.618. The Morgan fingerprint density at radius 2 is 2.13 bits per heavy atom. The average Bonchev–Trinajstić information content (AvgIpc) is 2.69. The van der Waals surface area contributed by atoms with Gasteiger partial charge in [0, 0.05) is 4.47 Å². The van der Waals surface area contributed by atoms with Gasteiger partial charge >= 0.3 is 0 Å². The summed E-state index contributed by atoms with van der Waals surface area (Å²) < 4.78 is 2.74. The number of hydrogen-bond donors (Lipinski definition) is 1. The molecule has 0 unspecified atom stereocenters. The minimum atomic E-state index is 0.345. The minimum Gasteiger partial charge on any atom is -0.324 e. The first kappa shape index (κ1) is 10.3. The SMILES string of the molecule is NCc1nnnn1Cc1ccccc1Br. The van der Waals surface area contributed by atoms with Gasteiger partial charge in [0.1, 0.15) is 0 Å². The topological polar surface area (TPSA) is 69.6 Å². The second kappa shape index (κ2) is 4.50. The first-order valence-electron chi connectivity index (χ1n) is 4.50. The molecule has 0 saturated carbocycles. The van der Waals surface area contributed by atoms with Crippen LogP contribution in [0, 0.1) is 0 Å². The molecule has 0 aliphatic heterocycles. The van der Waals surface area contributed by atoms with Crippen molar-refractivity contribution in [1.29, 1.82) is 0 Å². The lowest BCUT2D eigenvalue weighted by Crippen LogP contribution is -2.11. The monoisotopic (exact) mass is 267 g/mol. The van der Waals surface area contributed by atoms with Crippen LogP contribution in [0.5, 0.6) is 0 Å². The molecule has 1 aromatic heterocycles. The molecule has 0 bridgehead atoms. The van der Waals surface area contributed by atoms with Crippen LogP contribution >= 0.6 is 15.9 Å². The van der Waals surface area contributed by atoms with E-state index in [2.05, 4.69) is 31.5 Å². The smallest absolute Gasteiger partial charge is 0.165 e. The third-order valence-corrected chi connectivity index (χ3v) is 2.84. The molecule has 6 heteroatoms. The summed E-state index contributed by atoms with van der Waals surface area (Å²) >= 11 is 3.48. The fourth-order valence-electron chi connectivity index (χ4n) is 1.28. The largest absolute Gasteiger partial charge is 0.324 e. The number of aromatic nitrogens is 4. The first-order chi connectivity index (χ1) is 7.31. The summed E-state index contributed by atoms with van der Waals surface area (Å²) in [6, 6.07) is 7.96. The van der Waals surface area contributed by atoms with Gasteiger partial charge in [-0.05, 0) is 22.1 Å². The molecule has 1 heterocycles. The molecule has 0 atom stereocenters. The van der Waals surface area contributed by atoms with Crippen LogP contribution in [0.25, 0.3) is 0 Å². The Kier molecular flexibility index (Phi) is 3.08. The van der Waals surface area contributed by atoms with Gasteiger partial charge in [0.25, 0.3) is 0 Å². The van der Waals surface area contributed by atoms with E-state index in [-0.39, 0.29) is 0 Å². The molecule has 78 valence electrons. The number of nitrogens with zero attached hydrogens (tertiary/aromatic N) is 4. The van der Waals surface area contributed by atoms with Crippen LogP contribution in [0.2, 0.25) is 0 Å². The zero-order chi connectivity index (χ0) is 10.7. The van der Waals surface area contributed by atoms with Crippen molar-refractivity contribution in [2.24, 2.45) is 5.73 Å². The Hall–Kier alpha value is -1.27. The lowest BCUT2D eigenvalue weighted by Gasteiger charge is -2.04. The van der Waals surface area contributed by atoms with Crippen molar-refractivity contribution >= 4 is 15.9 Å². The molecule has 0 aliphatic rings. The summed E-state index contributed by atoms with van der Waals surface area (Å²) in [5.74, 6) is 0.686. The second-order valence-electron chi connectivity index (χ2n) is 3.05. The molecule has 0 amide bonds. The van der Waals surface area contributed by atoms with Gasteiger partial charge in [-0.25, -0.2) is 4.68 Å². The van der Waals surface area contributed by atoms with Crippen molar-refractivity contribution in [3.63, 3.8) is 0 Å². The van der Waals surface area contributed by atoms with Crippen LogP contribution in [0.4, 0.5) is 0 Å². The van der Waals surface area contributed by atoms with Gasteiger partial charge in [0.15, 0.2) is 5.82 Å². The van der Waals surface area contributed by atoms with Gasteiger partial charge in [-0.2, -0.15) is 0 Å². The third kappa shape index (κ3) is 2.21. The maximum absolute atomic E-state index is 5.51. The van der Waals surface area contributed by atoms with Crippen molar-refractivity contribution in [3.05, 3.63) is 40.1 Å². The highest BCUT2D eigenvalue weighted by Crippen LogP contribution is 2.16. The van der Waals surface area contributed by atoms with Gasteiger partial charge < -0.3 is 5.73 Å². The molecule has 15 heavy (non-hydrogen) atoms. The first-order valence-corrected chi connectivity index (χ1v) is 5.29. The Morgan fingerprint density at radius 1 is 1.33 bits per heavy atom. The van der Waals surface area contributed by atoms with E-state index in [4.69, 9.17) is 5.73 Å². The fourth-order valence-corrected chi connectivity index (χ4v) is 1.69.